The molecule has 6 heteroatoms. The minimum absolute atomic E-state index is 0.0270. The van der Waals surface area contributed by atoms with E-state index in [4.69, 9.17) is 5.11 Å². The van der Waals surface area contributed by atoms with Gasteiger partial charge in [-0.25, -0.2) is 9.78 Å². The lowest BCUT2D eigenvalue weighted by molar-refractivity contribution is -0.141. The van der Waals surface area contributed by atoms with Gasteiger partial charge in [0.05, 0.1) is 23.7 Å². The van der Waals surface area contributed by atoms with Crippen molar-refractivity contribution in [2.45, 2.75) is 19.9 Å². The third-order valence-electron chi connectivity index (χ3n) is 2.91. The molecule has 100 valence electrons. The van der Waals surface area contributed by atoms with Gasteiger partial charge in [-0.15, -0.1) is 0 Å². The number of fused-ring (bicyclic) bond motifs is 1. The van der Waals surface area contributed by atoms with Crippen molar-refractivity contribution >= 4 is 23.0 Å². The van der Waals surface area contributed by atoms with E-state index in [1.807, 2.05) is 6.92 Å². The first-order valence-electron chi connectivity index (χ1n) is 5.86. The summed E-state index contributed by atoms with van der Waals surface area (Å²) in [6, 6.07) is 4.66. The van der Waals surface area contributed by atoms with Crippen molar-refractivity contribution in [3.05, 3.63) is 29.6 Å². The zero-order valence-corrected chi connectivity index (χ0v) is 10.7. The van der Waals surface area contributed by atoms with Crippen LogP contribution < -0.4 is 0 Å². The second-order valence-corrected chi connectivity index (χ2v) is 4.05. The summed E-state index contributed by atoms with van der Waals surface area (Å²) in [4.78, 5) is 26.8. The van der Waals surface area contributed by atoms with Crippen LogP contribution >= 0.6 is 0 Å². The summed E-state index contributed by atoms with van der Waals surface area (Å²) in [6.45, 7) is 1.95. The highest BCUT2D eigenvalue weighted by Gasteiger charge is 2.14. The van der Waals surface area contributed by atoms with Crippen LogP contribution in [0.15, 0.2) is 18.2 Å². The highest BCUT2D eigenvalue weighted by Crippen LogP contribution is 2.19. The molecule has 0 aliphatic rings. The van der Waals surface area contributed by atoms with Crippen molar-refractivity contribution in [1.82, 2.24) is 9.55 Å². The molecule has 0 unspecified atom stereocenters. The van der Waals surface area contributed by atoms with Gasteiger partial charge in [0.1, 0.15) is 12.4 Å². The molecule has 1 aromatic carbocycles. The number of nitrogens with zero attached hydrogens (tertiary/aromatic N) is 2. The summed E-state index contributed by atoms with van der Waals surface area (Å²) >= 11 is 0. The Balaban J connectivity index is 2.59. The maximum atomic E-state index is 11.4. The Bertz CT molecular complexity index is 645. The van der Waals surface area contributed by atoms with Crippen molar-refractivity contribution in [2.75, 3.05) is 7.11 Å². The summed E-state index contributed by atoms with van der Waals surface area (Å²) < 4.78 is 6.33. The van der Waals surface area contributed by atoms with Gasteiger partial charge in [0.25, 0.3) is 0 Å². The topological polar surface area (TPSA) is 81.4 Å². The van der Waals surface area contributed by atoms with Crippen LogP contribution in [0.3, 0.4) is 0 Å². The van der Waals surface area contributed by atoms with Crippen LogP contribution in [0.5, 0.6) is 0 Å². The molecule has 0 radical (unpaired) electrons. The number of rotatable bonds is 4. The van der Waals surface area contributed by atoms with Crippen molar-refractivity contribution in [3.8, 4) is 0 Å². The number of benzene rings is 1. The fraction of sp³-hybridized carbons (Fsp3) is 0.308. The maximum absolute atomic E-state index is 11.4. The lowest BCUT2D eigenvalue weighted by Gasteiger charge is -2.06. The number of carbonyl (C=O) groups is 2. The fourth-order valence-corrected chi connectivity index (χ4v) is 1.95. The third kappa shape index (κ3) is 2.42. The average molecular weight is 262 g/mol. The molecule has 2 aromatic rings. The number of aromatic carboxylic acids is 1. The maximum Gasteiger partial charge on any atom is 0.335 e. The number of imidazole rings is 1. The smallest absolute Gasteiger partial charge is 0.335 e. The molecule has 1 aromatic heterocycles. The normalized spacial score (nSPS) is 10.6. The Morgan fingerprint density at radius 3 is 2.74 bits per heavy atom. The number of hydrogen-bond donors (Lipinski definition) is 1. The number of carboxylic acids is 1. The minimum atomic E-state index is -1.01. The molecule has 1 N–H and O–H groups in total. The molecule has 2 rings (SSSR count). The van der Waals surface area contributed by atoms with Gasteiger partial charge >= 0.3 is 11.9 Å². The number of carbonyl (C=O) groups excluding carboxylic acids is 1. The van der Waals surface area contributed by atoms with Crippen molar-refractivity contribution in [1.29, 1.82) is 0 Å². The van der Waals surface area contributed by atoms with Crippen LogP contribution in [-0.2, 0) is 22.5 Å². The highest BCUT2D eigenvalue weighted by molar-refractivity contribution is 5.92. The zero-order chi connectivity index (χ0) is 14.0. The van der Waals surface area contributed by atoms with E-state index in [0.29, 0.717) is 17.5 Å². The molecule has 0 spiro atoms. The molecule has 0 aliphatic heterocycles. The minimum Gasteiger partial charge on any atom is -0.478 e. The lowest BCUT2D eigenvalue weighted by atomic mass is 10.2. The predicted octanol–water partition coefficient (Wildman–Crippen LogP) is 1.47. The molecule has 0 saturated heterocycles. The van der Waals surface area contributed by atoms with E-state index in [1.54, 1.807) is 10.6 Å². The average Bonchev–Trinajstić information content (AvgIpc) is 2.75. The summed E-state index contributed by atoms with van der Waals surface area (Å²) in [5.74, 6) is -0.677. The number of ether oxygens (including phenoxy) is 1. The van der Waals surface area contributed by atoms with Gasteiger partial charge in [-0.2, -0.15) is 0 Å². The van der Waals surface area contributed by atoms with E-state index in [9.17, 15) is 9.59 Å². The van der Waals surface area contributed by atoms with Gasteiger partial charge in [-0.3, -0.25) is 4.79 Å². The van der Waals surface area contributed by atoms with Crippen molar-refractivity contribution < 1.29 is 19.4 Å². The van der Waals surface area contributed by atoms with Crippen LogP contribution in [0, 0.1) is 0 Å². The molecule has 0 aliphatic carbocycles. The van der Waals surface area contributed by atoms with E-state index in [0.717, 1.165) is 5.82 Å². The Kier molecular flexibility index (Phi) is 3.50. The van der Waals surface area contributed by atoms with E-state index in [2.05, 4.69) is 9.72 Å². The van der Waals surface area contributed by atoms with Crippen LogP contribution in [0.1, 0.15) is 23.1 Å². The molecule has 0 saturated carbocycles. The fourth-order valence-electron chi connectivity index (χ4n) is 1.95. The van der Waals surface area contributed by atoms with E-state index < -0.39 is 11.9 Å². The molecule has 0 bridgehead atoms. The summed E-state index contributed by atoms with van der Waals surface area (Å²) in [5.41, 5.74) is 1.47. The largest absolute Gasteiger partial charge is 0.478 e. The summed E-state index contributed by atoms with van der Waals surface area (Å²) in [7, 11) is 1.32. The second kappa shape index (κ2) is 5.09. The summed E-state index contributed by atoms with van der Waals surface area (Å²) in [6.07, 6.45) is 0.647. The van der Waals surface area contributed by atoms with Gasteiger partial charge in [0, 0.05) is 6.42 Å². The number of esters is 1. The van der Waals surface area contributed by atoms with Crippen molar-refractivity contribution in [3.63, 3.8) is 0 Å². The van der Waals surface area contributed by atoms with Crippen LogP contribution in [0.4, 0.5) is 0 Å². The third-order valence-corrected chi connectivity index (χ3v) is 2.91. The Labute approximate surface area is 109 Å². The highest BCUT2D eigenvalue weighted by atomic mass is 16.5. The SMILES string of the molecule is CCc1nc2ccc(C(=O)O)cc2n1CC(=O)OC. The number of carboxylic acid groups (broad SMARTS) is 1. The first-order chi connectivity index (χ1) is 9.06. The van der Waals surface area contributed by atoms with E-state index in [-0.39, 0.29) is 12.1 Å². The first-order valence-corrected chi connectivity index (χ1v) is 5.86. The van der Waals surface area contributed by atoms with E-state index >= 15 is 0 Å². The predicted molar refractivity (Wildman–Crippen MR) is 68.1 cm³/mol. The summed E-state index contributed by atoms with van der Waals surface area (Å²) in [5, 5.41) is 9.01. The second-order valence-electron chi connectivity index (χ2n) is 4.05. The first kappa shape index (κ1) is 13.1. The monoisotopic (exact) mass is 262 g/mol. The van der Waals surface area contributed by atoms with Gasteiger partial charge in [-0.05, 0) is 18.2 Å². The molecule has 0 fully saturated rings. The molecule has 0 amide bonds. The zero-order valence-electron chi connectivity index (χ0n) is 10.7. The van der Waals surface area contributed by atoms with Gasteiger partial charge < -0.3 is 14.4 Å². The Morgan fingerprint density at radius 2 is 2.16 bits per heavy atom. The van der Waals surface area contributed by atoms with Crippen LogP contribution in [0.2, 0.25) is 0 Å². The van der Waals surface area contributed by atoms with Gasteiger partial charge in [0.2, 0.25) is 0 Å². The molecule has 1 heterocycles. The Morgan fingerprint density at radius 1 is 1.42 bits per heavy atom. The quantitative estimate of drug-likeness (QED) is 0.844. The molecule has 0 atom stereocenters. The lowest BCUT2D eigenvalue weighted by Crippen LogP contribution is -2.13. The number of aryl methyl sites for hydroxylation is 1. The molecule has 6 nitrogen and oxygen atoms in total. The molecule has 19 heavy (non-hydrogen) atoms. The van der Waals surface area contributed by atoms with Gasteiger partial charge in [0.15, 0.2) is 0 Å². The molecular weight excluding hydrogens is 248 g/mol. The van der Waals surface area contributed by atoms with E-state index in [1.165, 1.54) is 19.2 Å². The number of hydrogen-bond acceptors (Lipinski definition) is 4. The Hall–Kier alpha value is -2.37. The van der Waals surface area contributed by atoms with Crippen molar-refractivity contribution in [2.24, 2.45) is 0 Å². The van der Waals surface area contributed by atoms with Crippen LogP contribution in [-0.4, -0.2) is 33.7 Å². The standard InChI is InChI=1S/C13H14N2O4/c1-3-11-14-9-5-4-8(13(17)18)6-10(9)15(11)7-12(16)19-2/h4-6H,3,7H2,1-2H3,(H,17,18). The molecular formula is C13H14N2O4. The van der Waals surface area contributed by atoms with Crippen LogP contribution in [0.25, 0.3) is 11.0 Å². The number of methoxy groups -OCH3 is 1. The van der Waals surface area contributed by atoms with Gasteiger partial charge in [-0.1, -0.05) is 6.92 Å². The number of aromatic nitrogens is 2.